The van der Waals surface area contributed by atoms with E-state index in [1.54, 1.807) is 23.9 Å². The molecule has 0 bridgehead atoms. The Kier molecular flexibility index (Phi) is 5.99. The van der Waals surface area contributed by atoms with Crippen molar-refractivity contribution >= 4 is 40.0 Å². The molecule has 1 aliphatic rings. The SMILES string of the molecule is CN1CCN(c2ccc(Nc3ncc4c(=O)n(-c5ccccc5Cl)n(C)c4n3)cc2CO)CC1. The van der Waals surface area contributed by atoms with Crippen LogP contribution in [0.1, 0.15) is 5.56 Å². The van der Waals surface area contributed by atoms with E-state index >= 15 is 0 Å². The van der Waals surface area contributed by atoms with Gasteiger partial charge in [-0.1, -0.05) is 23.7 Å². The molecule has 0 saturated carbocycles. The van der Waals surface area contributed by atoms with E-state index in [4.69, 9.17) is 11.6 Å². The highest BCUT2D eigenvalue weighted by Crippen LogP contribution is 2.27. The Morgan fingerprint density at radius 3 is 2.56 bits per heavy atom. The van der Waals surface area contributed by atoms with Gasteiger partial charge in [0.05, 0.1) is 17.3 Å². The molecule has 0 amide bonds. The fourth-order valence-corrected chi connectivity index (χ4v) is 4.56. The number of rotatable bonds is 5. The van der Waals surface area contributed by atoms with Crippen molar-refractivity contribution in [2.75, 3.05) is 43.4 Å². The maximum Gasteiger partial charge on any atom is 0.282 e. The van der Waals surface area contributed by atoms with Gasteiger partial charge in [0.2, 0.25) is 5.95 Å². The second-order valence-corrected chi connectivity index (χ2v) is 8.85. The third-order valence-corrected chi connectivity index (χ3v) is 6.55. The standard InChI is InChI=1S/C24H26ClN7O2/c1-29-9-11-31(12-10-29)20-8-7-17(13-16(20)15-33)27-24-26-14-18-22(28-24)30(2)32(23(18)34)21-6-4-3-5-19(21)25/h3-8,13-14,33H,9-12,15H2,1-2H3,(H,26,27,28). The highest BCUT2D eigenvalue weighted by atomic mass is 35.5. The summed E-state index contributed by atoms with van der Waals surface area (Å²) in [6.45, 7) is 3.77. The molecular formula is C24H26ClN7O2. The van der Waals surface area contributed by atoms with Crippen LogP contribution in [-0.4, -0.2) is 62.6 Å². The van der Waals surface area contributed by atoms with Gasteiger partial charge in [-0.3, -0.25) is 9.48 Å². The van der Waals surface area contributed by atoms with Gasteiger partial charge >= 0.3 is 0 Å². The monoisotopic (exact) mass is 479 g/mol. The van der Waals surface area contributed by atoms with Crippen LogP contribution in [0, 0.1) is 0 Å². The number of benzene rings is 2. The van der Waals surface area contributed by atoms with Crippen LogP contribution >= 0.6 is 11.6 Å². The molecule has 10 heteroatoms. The highest BCUT2D eigenvalue weighted by Gasteiger charge is 2.19. The Labute approximate surface area is 201 Å². The molecule has 0 radical (unpaired) electrons. The quantitative estimate of drug-likeness (QED) is 0.454. The number of fused-ring (bicyclic) bond motifs is 1. The van der Waals surface area contributed by atoms with Crippen molar-refractivity contribution in [3.05, 3.63) is 69.6 Å². The fraction of sp³-hybridized carbons (Fsp3) is 0.292. The Morgan fingerprint density at radius 1 is 1.06 bits per heavy atom. The summed E-state index contributed by atoms with van der Waals surface area (Å²) >= 11 is 6.33. The number of aliphatic hydroxyl groups is 1. The van der Waals surface area contributed by atoms with E-state index < -0.39 is 0 Å². The highest BCUT2D eigenvalue weighted by molar-refractivity contribution is 6.32. The first kappa shape index (κ1) is 22.4. The second-order valence-electron chi connectivity index (χ2n) is 8.44. The molecule has 2 aromatic heterocycles. The lowest BCUT2D eigenvalue weighted by Crippen LogP contribution is -2.44. The van der Waals surface area contributed by atoms with Crippen molar-refractivity contribution in [3.8, 4) is 5.69 Å². The van der Waals surface area contributed by atoms with Crippen LogP contribution in [0.3, 0.4) is 0 Å². The van der Waals surface area contributed by atoms with Crippen molar-refractivity contribution in [1.29, 1.82) is 0 Å². The number of hydrogen-bond donors (Lipinski definition) is 2. The fourth-order valence-electron chi connectivity index (χ4n) is 4.35. The molecule has 9 nitrogen and oxygen atoms in total. The van der Waals surface area contributed by atoms with Gasteiger partial charge in [0, 0.05) is 56.4 Å². The van der Waals surface area contributed by atoms with Gasteiger partial charge in [0.25, 0.3) is 5.56 Å². The molecule has 0 unspecified atom stereocenters. The molecule has 34 heavy (non-hydrogen) atoms. The van der Waals surface area contributed by atoms with E-state index in [1.165, 1.54) is 10.9 Å². The molecule has 3 heterocycles. The zero-order chi connectivity index (χ0) is 23.8. The lowest BCUT2D eigenvalue weighted by Gasteiger charge is -2.35. The van der Waals surface area contributed by atoms with E-state index in [0.717, 1.165) is 43.1 Å². The summed E-state index contributed by atoms with van der Waals surface area (Å²) in [5.41, 5.74) is 3.47. The number of nitrogens with zero attached hydrogens (tertiary/aromatic N) is 6. The van der Waals surface area contributed by atoms with E-state index in [2.05, 4.69) is 32.1 Å². The average Bonchev–Trinajstić information content (AvgIpc) is 3.09. The minimum atomic E-state index is -0.240. The van der Waals surface area contributed by atoms with Gasteiger partial charge < -0.3 is 20.2 Å². The maximum atomic E-state index is 13.0. The Hall–Kier alpha value is -3.40. The second kappa shape index (κ2) is 9.09. The minimum absolute atomic E-state index is 0.0632. The average molecular weight is 480 g/mol. The number of piperazine rings is 1. The third-order valence-electron chi connectivity index (χ3n) is 6.23. The molecule has 176 valence electrons. The third kappa shape index (κ3) is 4.02. The normalized spacial score (nSPS) is 14.6. The van der Waals surface area contributed by atoms with Crippen molar-refractivity contribution in [2.24, 2.45) is 7.05 Å². The molecule has 2 aromatic carbocycles. The summed E-state index contributed by atoms with van der Waals surface area (Å²) in [5.74, 6) is 0.357. The van der Waals surface area contributed by atoms with Gasteiger partial charge in [-0.25, -0.2) is 9.67 Å². The predicted molar refractivity (Wildman–Crippen MR) is 134 cm³/mol. The molecular weight excluding hydrogens is 454 g/mol. The van der Waals surface area contributed by atoms with Crippen LogP contribution in [0.5, 0.6) is 0 Å². The van der Waals surface area contributed by atoms with Crippen molar-refractivity contribution in [1.82, 2.24) is 24.2 Å². The molecule has 2 N–H and O–H groups in total. The number of halogens is 1. The number of para-hydroxylation sites is 1. The number of aromatic nitrogens is 4. The van der Waals surface area contributed by atoms with Gasteiger partial charge in [-0.2, -0.15) is 4.98 Å². The maximum absolute atomic E-state index is 13.0. The van der Waals surface area contributed by atoms with Crippen LogP contribution in [0.15, 0.2) is 53.5 Å². The van der Waals surface area contributed by atoms with Crippen LogP contribution < -0.4 is 15.8 Å². The van der Waals surface area contributed by atoms with Gasteiger partial charge in [0.1, 0.15) is 5.39 Å². The summed E-state index contributed by atoms with van der Waals surface area (Å²) < 4.78 is 3.15. The number of aliphatic hydroxyl groups excluding tert-OH is 1. The van der Waals surface area contributed by atoms with Crippen LogP contribution in [0.4, 0.5) is 17.3 Å². The number of aryl methyl sites for hydroxylation is 1. The van der Waals surface area contributed by atoms with Gasteiger partial charge in [0.15, 0.2) is 5.65 Å². The van der Waals surface area contributed by atoms with Gasteiger partial charge in [-0.05, 0) is 37.4 Å². The van der Waals surface area contributed by atoms with E-state index in [-0.39, 0.29) is 12.2 Å². The molecule has 0 aliphatic carbocycles. The smallest absolute Gasteiger partial charge is 0.282 e. The summed E-state index contributed by atoms with van der Waals surface area (Å²) in [5, 5.41) is 14.1. The first-order valence-corrected chi connectivity index (χ1v) is 11.5. The zero-order valence-corrected chi connectivity index (χ0v) is 19.8. The number of hydrogen-bond acceptors (Lipinski definition) is 7. The first-order chi connectivity index (χ1) is 16.5. The number of likely N-dealkylation sites (N-methyl/N-ethyl adjacent to an activating group) is 1. The van der Waals surface area contributed by atoms with Crippen molar-refractivity contribution in [3.63, 3.8) is 0 Å². The minimum Gasteiger partial charge on any atom is -0.392 e. The lowest BCUT2D eigenvalue weighted by molar-refractivity contribution is 0.280. The Balaban J connectivity index is 1.46. The topological polar surface area (TPSA) is 91.5 Å². The van der Waals surface area contributed by atoms with E-state index in [1.807, 2.05) is 30.3 Å². The molecule has 4 aromatic rings. The largest absolute Gasteiger partial charge is 0.392 e. The van der Waals surface area contributed by atoms with Gasteiger partial charge in [-0.15, -0.1) is 0 Å². The lowest BCUT2D eigenvalue weighted by atomic mass is 10.1. The van der Waals surface area contributed by atoms with Crippen LogP contribution in [-0.2, 0) is 13.7 Å². The summed E-state index contributed by atoms with van der Waals surface area (Å²) in [4.78, 5) is 26.5. The first-order valence-electron chi connectivity index (χ1n) is 11.1. The predicted octanol–water partition coefficient (Wildman–Crippen LogP) is 2.76. The molecule has 0 spiro atoms. The van der Waals surface area contributed by atoms with Crippen LogP contribution in [0.25, 0.3) is 16.7 Å². The number of nitrogens with one attached hydrogen (secondary N) is 1. The molecule has 1 fully saturated rings. The van der Waals surface area contributed by atoms with Crippen molar-refractivity contribution in [2.45, 2.75) is 6.61 Å². The Bertz CT molecular complexity index is 1410. The molecule has 1 aliphatic heterocycles. The summed E-state index contributed by atoms with van der Waals surface area (Å²) in [6.07, 6.45) is 1.52. The molecule has 0 atom stereocenters. The zero-order valence-electron chi connectivity index (χ0n) is 19.1. The van der Waals surface area contributed by atoms with E-state index in [0.29, 0.717) is 27.7 Å². The molecule has 1 saturated heterocycles. The molecule has 5 rings (SSSR count). The van der Waals surface area contributed by atoms with Crippen molar-refractivity contribution < 1.29 is 5.11 Å². The summed E-state index contributed by atoms with van der Waals surface area (Å²) in [7, 11) is 3.88. The van der Waals surface area contributed by atoms with E-state index in [9.17, 15) is 9.90 Å². The summed E-state index contributed by atoms with van der Waals surface area (Å²) in [6, 6.07) is 13.0. The number of anilines is 3. The Morgan fingerprint density at radius 2 is 1.82 bits per heavy atom. The van der Waals surface area contributed by atoms with Crippen LogP contribution in [0.2, 0.25) is 5.02 Å².